The van der Waals surface area contributed by atoms with Crippen LogP contribution in [0.1, 0.15) is 11.3 Å². The minimum absolute atomic E-state index is 0.250. The number of primary amides is 1. The van der Waals surface area contributed by atoms with Crippen LogP contribution in [-0.4, -0.2) is 16.4 Å². The molecule has 140 valence electrons. The van der Waals surface area contributed by atoms with Crippen LogP contribution in [0.15, 0.2) is 54.9 Å². The molecule has 0 unspecified atom stereocenters. The summed E-state index contributed by atoms with van der Waals surface area (Å²) in [6, 6.07) is 11.6. The number of amides is 1. The topological polar surface area (TPSA) is 68.9 Å². The SMILES string of the molecule is Cc1ccc(-c2ccnc(C(F)(F)F)c2)cc1-c1ccnc(Cl)c1.NC=O. The molecule has 4 nitrogen and oxygen atoms in total. The Hall–Kier alpha value is -2.93. The van der Waals surface area contributed by atoms with E-state index in [2.05, 4.69) is 15.7 Å². The van der Waals surface area contributed by atoms with Crippen LogP contribution in [-0.2, 0) is 11.0 Å². The number of aromatic nitrogens is 2. The van der Waals surface area contributed by atoms with Crippen LogP contribution < -0.4 is 5.73 Å². The number of nitrogens with zero attached hydrogens (tertiary/aromatic N) is 2. The van der Waals surface area contributed by atoms with Gasteiger partial charge < -0.3 is 5.73 Å². The van der Waals surface area contributed by atoms with Crippen LogP contribution in [0.4, 0.5) is 13.2 Å². The first kappa shape index (κ1) is 20.4. The van der Waals surface area contributed by atoms with Crippen molar-refractivity contribution in [3.05, 3.63) is 71.3 Å². The highest BCUT2D eigenvalue weighted by Gasteiger charge is 2.32. The first-order chi connectivity index (χ1) is 12.8. The summed E-state index contributed by atoms with van der Waals surface area (Å²) in [6.07, 6.45) is -1.46. The molecule has 1 amide bonds. The molecule has 0 bridgehead atoms. The van der Waals surface area contributed by atoms with Gasteiger partial charge in [0.15, 0.2) is 0 Å². The molecule has 0 aliphatic rings. The normalized spacial score (nSPS) is 10.7. The van der Waals surface area contributed by atoms with E-state index >= 15 is 0 Å². The molecule has 3 aromatic rings. The van der Waals surface area contributed by atoms with Gasteiger partial charge in [-0.15, -0.1) is 0 Å². The number of halogens is 4. The van der Waals surface area contributed by atoms with Crippen molar-refractivity contribution < 1.29 is 18.0 Å². The summed E-state index contributed by atoms with van der Waals surface area (Å²) < 4.78 is 38.6. The third-order valence-corrected chi connectivity index (χ3v) is 3.87. The fourth-order valence-electron chi connectivity index (χ4n) is 2.45. The lowest BCUT2D eigenvalue weighted by Gasteiger charge is -2.11. The lowest BCUT2D eigenvalue weighted by atomic mass is 9.96. The highest BCUT2D eigenvalue weighted by molar-refractivity contribution is 6.29. The van der Waals surface area contributed by atoms with Crippen LogP contribution in [0.5, 0.6) is 0 Å². The van der Waals surface area contributed by atoms with Gasteiger partial charge in [0.2, 0.25) is 6.41 Å². The Balaban J connectivity index is 0.000000817. The molecule has 8 heteroatoms. The van der Waals surface area contributed by atoms with E-state index < -0.39 is 11.9 Å². The molecule has 2 aromatic heterocycles. The standard InChI is InChI=1S/C18H12ClF3N2.CH3NO/c1-11-2-3-12(8-15(11)14-5-7-24-17(19)10-14)13-4-6-23-16(9-13)18(20,21)22;2-1-3/h2-10H,1H3;1H,(H2,2,3). The van der Waals surface area contributed by atoms with Gasteiger partial charge in [-0.1, -0.05) is 23.7 Å². The molecule has 0 saturated carbocycles. The molecule has 0 radical (unpaired) electrons. The first-order valence-corrected chi connectivity index (χ1v) is 8.05. The van der Waals surface area contributed by atoms with E-state index in [9.17, 15) is 13.2 Å². The van der Waals surface area contributed by atoms with Gasteiger partial charge in [0.05, 0.1) is 0 Å². The number of rotatable bonds is 2. The van der Waals surface area contributed by atoms with Crippen LogP contribution in [0, 0.1) is 6.92 Å². The highest BCUT2D eigenvalue weighted by Crippen LogP contribution is 2.33. The van der Waals surface area contributed by atoms with E-state index in [1.54, 1.807) is 24.4 Å². The summed E-state index contributed by atoms with van der Waals surface area (Å²) >= 11 is 5.93. The second-order valence-electron chi connectivity index (χ2n) is 5.46. The second kappa shape index (κ2) is 8.64. The van der Waals surface area contributed by atoms with E-state index in [1.165, 1.54) is 6.20 Å². The Morgan fingerprint density at radius 3 is 2.19 bits per heavy atom. The molecule has 0 saturated heterocycles. The molecule has 0 atom stereocenters. The van der Waals surface area contributed by atoms with Gasteiger partial charge in [-0.3, -0.25) is 9.78 Å². The van der Waals surface area contributed by atoms with E-state index in [-0.39, 0.29) is 6.41 Å². The molecular formula is C19H15ClF3N3O. The van der Waals surface area contributed by atoms with Crippen molar-refractivity contribution in [1.82, 2.24) is 9.97 Å². The number of pyridine rings is 2. The van der Waals surface area contributed by atoms with E-state index in [4.69, 9.17) is 16.4 Å². The molecule has 0 aliphatic heterocycles. The fraction of sp³-hybridized carbons (Fsp3) is 0.105. The Morgan fingerprint density at radius 1 is 0.963 bits per heavy atom. The maximum Gasteiger partial charge on any atom is 0.433 e. The number of hydrogen-bond donors (Lipinski definition) is 1. The van der Waals surface area contributed by atoms with Crippen LogP contribution in [0.25, 0.3) is 22.3 Å². The number of aryl methyl sites for hydroxylation is 1. The monoisotopic (exact) mass is 393 g/mol. The maximum atomic E-state index is 12.9. The van der Waals surface area contributed by atoms with Gasteiger partial charge in [-0.25, -0.2) is 4.98 Å². The maximum absolute atomic E-state index is 12.9. The quantitative estimate of drug-likeness (QED) is 0.497. The van der Waals surface area contributed by atoms with Crippen LogP contribution in [0.3, 0.4) is 0 Å². The molecule has 2 heterocycles. The minimum Gasteiger partial charge on any atom is -0.372 e. The fourth-order valence-corrected chi connectivity index (χ4v) is 2.62. The Labute approximate surface area is 158 Å². The third kappa shape index (κ3) is 5.27. The van der Waals surface area contributed by atoms with Crippen molar-refractivity contribution in [2.24, 2.45) is 5.73 Å². The molecule has 1 aromatic carbocycles. The lowest BCUT2D eigenvalue weighted by Crippen LogP contribution is -2.07. The van der Waals surface area contributed by atoms with Gasteiger partial charge in [-0.05, 0) is 65.1 Å². The first-order valence-electron chi connectivity index (χ1n) is 7.68. The van der Waals surface area contributed by atoms with Gasteiger partial charge in [-0.2, -0.15) is 13.2 Å². The highest BCUT2D eigenvalue weighted by atomic mass is 35.5. The number of carbonyl (C=O) groups is 1. The van der Waals surface area contributed by atoms with E-state index in [0.29, 0.717) is 16.3 Å². The number of alkyl halides is 3. The number of benzene rings is 1. The minimum atomic E-state index is -4.47. The zero-order valence-corrected chi connectivity index (χ0v) is 14.9. The van der Waals surface area contributed by atoms with Gasteiger partial charge in [0, 0.05) is 12.4 Å². The van der Waals surface area contributed by atoms with Crippen molar-refractivity contribution in [3.63, 3.8) is 0 Å². The molecule has 3 rings (SSSR count). The number of carbonyl (C=O) groups excluding carboxylic acids is 1. The second-order valence-corrected chi connectivity index (χ2v) is 5.85. The molecule has 0 fully saturated rings. The van der Waals surface area contributed by atoms with E-state index in [1.807, 2.05) is 25.1 Å². The van der Waals surface area contributed by atoms with Crippen molar-refractivity contribution in [1.29, 1.82) is 0 Å². The van der Waals surface area contributed by atoms with Gasteiger partial charge in [0.25, 0.3) is 0 Å². The zero-order chi connectivity index (χ0) is 20.0. The predicted molar refractivity (Wildman–Crippen MR) is 97.9 cm³/mol. The zero-order valence-electron chi connectivity index (χ0n) is 14.2. The Bertz CT molecular complexity index is 945. The number of nitrogens with two attached hydrogens (primary N) is 1. The average Bonchev–Trinajstić information content (AvgIpc) is 2.62. The smallest absolute Gasteiger partial charge is 0.372 e. The summed E-state index contributed by atoms with van der Waals surface area (Å²) in [6.45, 7) is 1.93. The summed E-state index contributed by atoms with van der Waals surface area (Å²) in [5.74, 6) is 0. The van der Waals surface area contributed by atoms with E-state index in [0.717, 1.165) is 22.8 Å². The van der Waals surface area contributed by atoms with Crippen molar-refractivity contribution in [3.8, 4) is 22.3 Å². The molecule has 2 N–H and O–H groups in total. The average molecular weight is 394 g/mol. The van der Waals surface area contributed by atoms with Crippen molar-refractivity contribution >= 4 is 18.0 Å². The van der Waals surface area contributed by atoms with Gasteiger partial charge >= 0.3 is 6.18 Å². The lowest BCUT2D eigenvalue weighted by molar-refractivity contribution is -0.141. The summed E-state index contributed by atoms with van der Waals surface area (Å²) in [5, 5.41) is 0.362. The van der Waals surface area contributed by atoms with Crippen LogP contribution >= 0.6 is 11.6 Å². The molecular weight excluding hydrogens is 379 g/mol. The Kier molecular flexibility index (Phi) is 6.52. The molecule has 0 aliphatic carbocycles. The van der Waals surface area contributed by atoms with Gasteiger partial charge in [0.1, 0.15) is 10.8 Å². The predicted octanol–water partition coefficient (Wildman–Crippen LogP) is 4.89. The summed E-state index contributed by atoms with van der Waals surface area (Å²) in [7, 11) is 0. The summed E-state index contributed by atoms with van der Waals surface area (Å²) in [5.41, 5.74) is 7.14. The summed E-state index contributed by atoms with van der Waals surface area (Å²) in [4.78, 5) is 15.9. The van der Waals surface area contributed by atoms with Crippen molar-refractivity contribution in [2.45, 2.75) is 13.1 Å². The number of hydrogen-bond acceptors (Lipinski definition) is 3. The molecule has 27 heavy (non-hydrogen) atoms. The largest absolute Gasteiger partial charge is 0.433 e. The molecule has 0 spiro atoms. The third-order valence-electron chi connectivity index (χ3n) is 3.66. The Morgan fingerprint density at radius 2 is 1.56 bits per heavy atom. The van der Waals surface area contributed by atoms with Crippen molar-refractivity contribution in [2.75, 3.05) is 0 Å². The van der Waals surface area contributed by atoms with Crippen LogP contribution in [0.2, 0.25) is 5.15 Å².